The number of aromatic nitrogens is 2. The molecule has 4 rings (SSSR count). The van der Waals surface area contributed by atoms with Crippen molar-refractivity contribution in [2.45, 2.75) is 41.8 Å². The van der Waals surface area contributed by atoms with Gasteiger partial charge in [-0.25, -0.2) is 18.4 Å². The molecule has 1 aliphatic carbocycles. The lowest BCUT2D eigenvalue weighted by Gasteiger charge is -2.33. The van der Waals surface area contributed by atoms with Crippen LogP contribution < -0.4 is 4.90 Å². The summed E-state index contributed by atoms with van der Waals surface area (Å²) in [5, 5.41) is -0.0686. The fraction of sp³-hybridized carbons (Fsp3) is 0.500. The Morgan fingerprint density at radius 3 is 2.20 bits per heavy atom. The predicted octanol–water partition coefficient (Wildman–Crippen LogP) is 2.96. The molecule has 30 heavy (non-hydrogen) atoms. The number of rotatable bonds is 3. The monoisotopic (exact) mass is 440 g/mol. The second kappa shape index (κ2) is 7.81. The van der Waals surface area contributed by atoms with Crippen LogP contribution in [0.2, 0.25) is 0 Å². The van der Waals surface area contributed by atoms with Crippen LogP contribution in [0.15, 0.2) is 34.2 Å². The number of nitrogens with zero attached hydrogens (tertiary/aromatic N) is 4. The summed E-state index contributed by atoms with van der Waals surface area (Å²) in [6.07, 6.45) is -1.54. The second-order valence-corrected chi connectivity index (χ2v) is 9.64. The molecule has 0 N–H and O–H groups in total. The predicted molar refractivity (Wildman–Crippen MR) is 105 cm³/mol. The van der Waals surface area contributed by atoms with Crippen LogP contribution in [0.25, 0.3) is 0 Å². The highest BCUT2D eigenvalue weighted by Gasteiger charge is 2.33. The van der Waals surface area contributed by atoms with Gasteiger partial charge in [-0.15, -0.1) is 0 Å². The van der Waals surface area contributed by atoms with E-state index < -0.39 is 21.6 Å². The third-order valence-electron chi connectivity index (χ3n) is 5.67. The van der Waals surface area contributed by atoms with Crippen LogP contribution in [0.1, 0.15) is 29.7 Å². The van der Waals surface area contributed by atoms with Crippen molar-refractivity contribution in [2.24, 2.45) is 0 Å². The maximum Gasteiger partial charge on any atom is 0.416 e. The maximum absolute atomic E-state index is 13.4. The molecule has 1 aromatic heterocycles. The summed E-state index contributed by atoms with van der Waals surface area (Å²) < 4.78 is 65.3. The summed E-state index contributed by atoms with van der Waals surface area (Å²) in [4.78, 5) is 13.1. The number of hydrogen-bond acceptors (Lipinski definition) is 6. The van der Waals surface area contributed by atoms with Gasteiger partial charge in [0.15, 0.2) is 5.03 Å². The van der Waals surface area contributed by atoms with Gasteiger partial charge in [0.05, 0.1) is 16.2 Å². The molecule has 0 bridgehead atoms. The van der Waals surface area contributed by atoms with Gasteiger partial charge in [0.2, 0.25) is 15.8 Å². The number of sulfone groups is 1. The van der Waals surface area contributed by atoms with E-state index in [2.05, 4.69) is 14.9 Å². The number of anilines is 1. The largest absolute Gasteiger partial charge is 0.416 e. The molecule has 1 fully saturated rings. The highest BCUT2D eigenvalue weighted by Crippen LogP contribution is 2.33. The normalized spacial score (nSPS) is 18.3. The van der Waals surface area contributed by atoms with Gasteiger partial charge >= 0.3 is 6.18 Å². The molecule has 2 aromatic rings. The molecule has 0 radical (unpaired) electrons. The highest BCUT2D eigenvalue weighted by atomic mass is 32.2. The highest BCUT2D eigenvalue weighted by molar-refractivity contribution is 7.91. The number of fused-ring (bicyclic) bond motifs is 1. The molecule has 2 aliphatic rings. The first kappa shape index (κ1) is 21.0. The zero-order valence-electron chi connectivity index (χ0n) is 16.6. The summed E-state index contributed by atoms with van der Waals surface area (Å²) in [6.45, 7) is 3.02. The third-order valence-corrected chi connectivity index (χ3v) is 7.41. The van der Waals surface area contributed by atoms with Crippen LogP contribution in [0.3, 0.4) is 0 Å². The fourth-order valence-electron chi connectivity index (χ4n) is 3.85. The Balaban J connectivity index is 1.77. The topological polar surface area (TPSA) is 66.4 Å². The molecule has 0 spiro atoms. The summed E-state index contributed by atoms with van der Waals surface area (Å²) in [5.41, 5.74) is 0.444. The van der Waals surface area contributed by atoms with Gasteiger partial charge in [0.1, 0.15) is 0 Å². The summed E-state index contributed by atoms with van der Waals surface area (Å²) in [6, 6.07) is 3.60. The SMILES string of the molecule is CN1CCN(c2nc3c(c(S(=O)(=O)c4ccc(C(F)(F)F)cc4)n2)CCCC3)CC1. The van der Waals surface area contributed by atoms with E-state index in [0.29, 0.717) is 37.4 Å². The van der Waals surface area contributed by atoms with E-state index in [1.807, 2.05) is 11.9 Å². The van der Waals surface area contributed by atoms with Crippen molar-refractivity contribution >= 4 is 15.8 Å². The Hall–Kier alpha value is -2.20. The van der Waals surface area contributed by atoms with E-state index in [0.717, 1.165) is 55.9 Å². The Morgan fingerprint density at radius 1 is 0.933 bits per heavy atom. The van der Waals surface area contributed by atoms with Gasteiger partial charge in [-0.1, -0.05) is 0 Å². The number of likely N-dealkylation sites (N-methyl/N-ethyl adjacent to an activating group) is 1. The lowest BCUT2D eigenvalue weighted by atomic mass is 9.97. The minimum absolute atomic E-state index is 0.0686. The lowest BCUT2D eigenvalue weighted by molar-refractivity contribution is -0.137. The minimum atomic E-state index is -4.52. The number of piperazine rings is 1. The number of aryl methyl sites for hydroxylation is 1. The van der Waals surface area contributed by atoms with Crippen molar-refractivity contribution in [3.63, 3.8) is 0 Å². The first-order valence-corrected chi connectivity index (χ1v) is 11.4. The van der Waals surface area contributed by atoms with Crippen LogP contribution >= 0.6 is 0 Å². The third kappa shape index (κ3) is 4.02. The Labute approximate surface area is 173 Å². The van der Waals surface area contributed by atoms with E-state index >= 15 is 0 Å². The molecule has 1 aliphatic heterocycles. The number of benzene rings is 1. The van der Waals surface area contributed by atoms with Crippen molar-refractivity contribution < 1.29 is 21.6 Å². The standard InChI is InChI=1S/C20H23F3N4O2S/c1-26-10-12-27(13-11-26)19-24-17-5-3-2-4-16(17)18(25-19)30(28,29)15-8-6-14(7-9-15)20(21,22)23/h6-9H,2-5,10-13H2,1H3. The summed E-state index contributed by atoms with van der Waals surface area (Å²) in [7, 11) is -2.05. The number of alkyl halides is 3. The zero-order valence-corrected chi connectivity index (χ0v) is 17.4. The first-order valence-electron chi connectivity index (χ1n) is 9.92. The molecule has 0 atom stereocenters. The van der Waals surface area contributed by atoms with Gasteiger partial charge in [-0.3, -0.25) is 0 Å². The first-order chi connectivity index (χ1) is 14.2. The van der Waals surface area contributed by atoms with Gasteiger partial charge in [-0.05, 0) is 57.0 Å². The molecule has 2 heterocycles. The van der Waals surface area contributed by atoms with Crippen molar-refractivity contribution in [1.82, 2.24) is 14.9 Å². The molecular formula is C20H23F3N4O2S. The van der Waals surface area contributed by atoms with E-state index in [1.165, 1.54) is 0 Å². The van der Waals surface area contributed by atoms with Crippen molar-refractivity contribution in [2.75, 3.05) is 38.1 Å². The Morgan fingerprint density at radius 2 is 1.57 bits per heavy atom. The van der Waals surface area contributed by atoms with Gasteiger partial charge in [0, 0.05) is 31.7 Å². The molecule has 0 saturated carbocycles. The summed E-state index contributed by atoms with van der Waals surface area (Å²) >= 11 is 0. The Kier molecular flexibility index (Phi) is 5.48. The molecule has 6 nitrogen and oxygen atoms in total. The van der Waals surface area contributed by atoms with Crippen LogP contribution in [-0.4, -0.2) is 56.5 Å². The molecule has 1 saturated heterocycles. The van der Waals surface area contributed by atoms with E-state index in [4.69, 9.17) is 0 Å². The van der Waals surface area contributed by atoms with Crippen LogP contribution in [0, 0.1) is 0 Å². The van der Waals surface area contributed by atoms with Gasteiger partial charge < -0.3 is 9.80 Å². The zero-order chi connectivity index (χ0) is 21.5. The maximum atomic E-state index is 13.4. The van der Waals surface area contributed by atoms with Crippen molar-refractivity contribution in [3.8, 4) is 0 Å². The molecule has 0 unspecified atom stereocenters. The average Bonchev–Trinajstić information content (AvgIpc) is 2.73. The lowest BCUT2D eigenvalue weighted by Crippen LogP contribution is -2.45. The molecular weight excluding hydrogens is 417 g/mol. The molecule has 162 valence electrons. The van der Waals surface area contributed by atoms with Gasteiger partial charge in [-0.2, -0.15) is 13.2 Å². The van der Waals surface area contributed by atoms with Crippen molar-refractivity contribution in [3.05, 3.63) is 41.1 Å². The van der Waals surface area contributed by atoms with Crippen molar-refractivity contribution in [1.29, 1.82) is 0 Å². The van der Waals surface area contributed by atoms with Gasteiger partial charge in [0.25, 0.3) is 0 Å². The number of halogens is 3. The average molecular weight is 440 g/mol. The summed E-state index contributed by atoms with van der Waals surface area (Å²) in [5.74, 6) is 0.384. The fourth-order valence-corrected chi connectivity index (χ4v) is 5.32. The quantitative estimate of drug-likeness (QED) is 0.684. The molecule has 1 aromatic carbocycles. The van der Waals surface area contributed by atoms with E-state index in [1.54, 1.807) is 0 Å². The van der Waals surface area contributed by atoms with Crippen LogP contribution in [0.5, 0.6) is 0 Å². The second-order valence-electron chi connectivity index (χ2n) is 7.78. The minimum Gasteiger partial charge on any atom is -0.338 e. The van der Waals surface area contributed by atoms with Crippen LogP contribution in [0.4, 0.5) is 19.1 Å². The molecule has 10 heteroatoms. The number of hydrogen-bond donors (Lipinski definition) is 0. The molecule has 0 amide bonds. The Bertz CT molecular complexity index is 1030. The van der Waals surface area contributed by atoms with E-state index in [-0.39, 0.29) is 9.92 Å². The van der Waals surface area contributed by atoms with Crippen LogP contribution in [-0.2, 0) is 28.9 Å². The van der Waals surface area contributed by atoms with E-state index in [9.17, 15) is 21.6 Å². The smallest absolute Gasteiger partial charge is 0.338 e.